The van der Waals surface area contributed by atoms with E-state index in [1.807, 2.05) is 0 Å². The maximum atomic E-state index is 11.3. The first-order valence-corrected chi connectivity index (χ1v) is 5.27. The number of benzene rings is 1. The Labute approximate surface area is 79.7 Å². The molecule has 1 aliphatic rings. The fourth-order valence-electron chi connectivity index (χ4n) is 1.34. The minimum Gasteiger partial charge on any atom is -0.258 e. The lowest BCUT2D eigenvalue weighted by Gasteiger charge is -1.98. The third-order valence-electron chi connectivity index (χ3n) is 1.96. The van der Waals surface area contributed by atoms with Crippen molar-refractivity contribution >= 4 is 21.6 Å². The van der Waals surface area contributed by atoms with E-state index in [-0.39, 0.29) is 16.1 Å². The molecule has 1 heterocycles. The lowest BCUT2D eigenvalue weighted by Crippen LogP contribution is -1.96. The molecule has 0 N–H and O–H groups in total. The van der Waals surface area contributed by atoms with Crippen LogP contribution in [0.3, 0.4) is 0 Å². The first kappa shape index (κ1) is 8.89. The normalized spacial score (nSPS) is 16.6. The van der Waals surface area contributed by atoms with E-state index in [0.29, 0.717) is 0 Å². The van der Waals surface area contributed by atoms with Gasteiger partial charge >= 0.3 is 0 Å². The number of nitro groups is 1. The van der Waals surface area contributed by atoms with Crippen molar-refractivity contribution in [3.8, 4) is 0 Å². The summed E-state index contributed by atoms with van der Waals surface area (Å²) in [6, 6.07) is 4.00. The molecule has 1 aliphatic heterocycles. The van der Waals surface area contributed by atoms with Crippen LogP contribution in [0.2, 0.25) is 0 Å². The summed E-state index contributed by atoms with van der Waals surface area (Å²) in [5.41, 5.74) is -0.0164. The van der Waals surface area contributed by atoms with Crippen molar-refractivity contribution in [3.63, 3.8) is 0 Å². The molecular weight excluding hydrogens is 206 g/mol. The van der Waals surface area contributed by atoms with Crippen molar-refractivity contribution in [1.29, 1.82) is 0 Å². The molecule has 14 heavy (non-hydrogen) atoms. The zero-order chi connectivity index (χ0) is 10.3. The van der Waals surface area contributed by atoms with E-state index < -0.39 is 14.8 Å². The predicted octanol–water partition coefficient (Wildman–Crippen LogP) is 1.35. The first-order valence-electron chi connectivity index (χ1n) is 3.73. The molecule has 5 nitrogen and oxygen atoms in total. The van der Waals surface area contributed by atoms with Crippen molar-refractivity contribution in [1.82, 2.24) is 0 Å². The quantitative estimate of drug-likeness (QED) is 0.519. The summed E-state index contributed by atoms with van der Waals surface area (Å²) in [4.78, 5) is 9.96. The molecule has 1 aromatic rings. The number of sulfone groups is 1. The van der Waals surface area contributed by atoms with Gasteiger partial charge in [-0.3, -0.25) is 10.1 Å². The summed E-state index contributed by atoms with van der Waals surface area (Å²) in [6.45, 7) is 0. The third-order valence-corrected chi connectivity index (χ3v) is 3.42. The van der Waals surface area contributed by atoms with Gasteiger partial charge in [0.25, 0.3) is 5.69 Å². The van der Waals surface area contributed by atoms with Crippen LogP contribution in [0.5, 0.6) is 0 Å². The van der Waals surface area contributed by atoms with Crippen molar-refractivity contribution < 1.29 is 13.3 Å². The molecular formula is C8H5NO4S. The number of rotatable bonds is 1. The Morgan fingerprint density at radius 1 is 1.29 bits per heavy atom. The van der Waals surface area contributed by atoms with Crippen LogP contribution in [-0.2, 0) is 9.84 Å². The van der Waals surface area contributed by atoms with E-state index in [9.17, 15) is 18.5 Å². The zero-order valence-electron chi connectivity index (χ0n) is 6.88. The minimum atomic E-state index is -3.45. The number of nitro benzene ring substituents is 1. The highest BCUT2D eigenvalue weighted by molar-refractivity contribution is 7.94. The molecule has 0 saturated carbocycles. The molecule has 0 amide bonds. The zero-order valence-corrected chi connectivity index (χ0v) is 7.69. The molecule has 72 valence electrons. The minimum absolute atomic E-state index is 0.00620. The fraction of sp³-hybridized carbons (Fsp3) is 0. The maximum Gasteiger partial charge on any atom is 0.277 e. The second kappa shape index (κ2) is 2.65. The SMILES string of the molecule is O=[N+]([O-])c1cccc2c1C=CS2(=O)=O. The van der Waals surface area contributed by atoms with E-state index in [4.69, 9.17) is 0 Å². The standard InChI is InChI=1S/C8H5NO4S/c10-9(11)7-2-1-3-8-6(7)4-5-14(8,12)13/h1-5H. The van der Waals surface area contributed by atoms with Gasteiger partial charge in [-0.15, -0.1) is 0 Å². The van der Waals surface area contributed by atoms with E-state index in [1.54, 1.807) is 0 Å². The van der Waals surface area contributed by atoms with E-state index in [0.717, 1.165) is 5.41 Å². The van der Waals surface area contributed by atoms with E-state index in [2.05, 4.69) is 0 Å². The molecule has 0 fully saturated rings. The molecule has 0 spiro atoms. The molecule has 0 aromatic heterocycles. The maximum absolute atomic E-state index is 11.3. The Balaban J connectivity index is 2.80. The molecule has 0 aliphatic carbocycles. The van der Waals surface area contributed by atoms with Gasteiger partial charge in [0, 0.05) is 11.5 Å². The molecule has 6 heteroatoms. The van der Waals surface area contributed by atoms with Gasteiger partial charge in [-0.2, -0.15) is 0 Å². The number of fused-ring (bicyclic) bond motifs is 1. The predicted molar refractivity (Wildman–Crippen MR) is 49.3 cm³/mol. The third kappa shape index (κ3) is 1.12. The summed E-state index contributed by atoms with van der Waals surface area (Å²) in [5, 5.41) is 11.5. The van der Waals surface area contributed by atoms with Gasteiger partial charge < -0.3 is 0 Å². The Morgan fingerprint density at radius 2 is 2.00 bits per heavy atom. The lowest BCUT2D eigenvalue weighted by atomic mass is 10.2. The van der Waals surface area contributed by atoms with Crippen LogP contribution in [-0.4, -0.2) is 13.3 Å². The molecule has 0 atom stereocenters. The molecule has 0 radical (unpaired) electrons. The Hall–Kier alpha value is -1.69. The topological polar surface area (TPSA) is 77.3 Å². The van der Waals surface area contributed by atoms with E-state index >= 15 is 0 Å². The number of hydrogen-bond donors (Lipinski definition) is 0. The van der Waals surface area contributed by atoms with Crippen LogP contribution < -0.4 is 0 Å². The molecule has 1 aromatic carbocycles. The Kier molecular flexibility index (Phi) is 1.68. The van der Waals surface area contributed by atoms with Crippen molar-refractivity contribution in [2.24, 2.45) is 0 Å². The van der Waals surface area contributed by atoms with Crippen molar-refractivity contribution in [2.45, 2.75) is 4.90 Å². The summed E-state index contributed by atoms with van der Waals surface area (Å²) >= 11 is 0. The van der Waals surface area contributed by atoms with Crippen molar-refractivity contribution in [3.05, 3.63) is 39.3 Å². The van der Waals surface area contributed by atoms with Gasteiger partial charge in [-0.25, -0.2) is 8.42 Å². The highest BCUT2D eigenvalue weighted by Crippen LogP contribution is 2.33. The van der Waals surface area contributed by atoms with Crippen LogP contribution >= 0.6 is 0 Å². The van der Waals surface area contributed by atoms with Gasteiger partial charge in [-0.05, 0) is 12.1 Å². The molecule has 0 saturated heterocycles. The van der Waals surface area contributed by atoms with Crippen LogP contribution in [0.25, 0.3) is 6.08 Å². The second-order valence-corrected chi connectivity index (χ2v) is 4.60. The van der Waals surface area contributed by atoms with Crippen LogP contribution in [0.4, 0.5) is 5.69 Å². The molecule has 0 bridgehead atoms. The summed E-state index contributed by atoms with van der Waals surface area (Å²) < 4.78 is 22.6. The first-order chi connectivity index (χ1) is 6.52. The summed E-state index contributed by atoms with van der Waals surface area (Å²) in [5.74, 6) is 0. The summed E-state index contributed by atoms with van der Waals surface area (Å²) in [7, 11) is -3.45. The highest BCUT2D eigenvalue weighted by Gasteiger charge is 2.26. The molecule has 2 rings (SSSR count). The van der Waals surface area contributed by atoms with Gasteiger partial charge in [0.05, 0.1) is 15.4 Å². The van der Waals surface area contributed by atoms with Gasteiger partial charge in [0.1, 0.15) is 0 Å². The average Bonchev–Trinajstić information content (AvgIpc) is 2.42. The number of nitrogens with zero attached hydrogens (tertiary/aromatic N) is 1. The number of hydrogen-bond acceptors (Lipinski definition) is 4. The Morgan fingerprint density at radius 3 is 2.64 bits per heavy atom. The lowest BCUT2D eigenvalue weighted by molar-refractivity contribution is -0.385. The average molecular weight is 211 g/mol. The Bertz CT molecular complexity index is 544. The van der Waals surface area contributed by atoms with Gasteiger partial charge in [-0.1, -0.05) is 6.07 Å². The van der Waals surface area contributed by atoms with Crippen LogP contribution in [0.15, 0.2) is 28.5 Å². The molecule has 0 unspecified atom stereocenters. The summed E-state index contributed by atoms with van der Waals surface area (Å²) in [6.07, 6.45) is 1.25. The van der Waals surface area contributed by atoms with Crippen LogP contribution in [0.1, 0.15) is 5.56 Å². The van der Waals surface area contributed by atoms with Gasteiger partial charge in [0.2, 0.25) is 9.84 Å². The fourth-order valence-corrected chi connectivity index (χ4v) is 2.55. The van der Waals surface area contributed by atoms with Crippen LogP contribution in [0, 0.1) is 10.1 Å². The second-order valence-electron chi connectivity index (χ2n) is 2.79. The van der Waals surface area contributed by atoms with Gasteiger partial charge in [0.15, 0.2) is 0 Å². The monoisotopic (exact) mass is 211 g/mol. The van der Waals surface area contributed by atoms with E-state index in [1.165, 1.54) is 24.3 Å². The van der Waals surface area contributed by atoms with Crippen molar-refractivity contribution in [2.75, 3.05) is 0 Å². The smallest absolute Gasteiger partial charge is 0.258 e. The largest absolute Gasteiger partial charge is 0.277 e. The highest BCUT2D eigenvalue weighted by atomic mass is 32.2.